The van der Waals surface area contributed by atoms with Gasteiger partial charge in [0.25, 0.3) is 5.91 Å². The molecule has 2 aromatic rings. The topological polar surface area (TPSA) is 75.7 Å². The Balaban J connectivity index is 1.54. The SMILES string of the molecule is O=C1NCC2(CCN(S(=O)(=O)c3cccc(F)c3)CC2)Oc2ccccc21. The van der Waals surface area contributed by atoms with E-state index in [2.05, 4.69) is 5.32 Å². The van der Waals surface area contributed by atoms with Gasteiger partial charge in [0, 0.05) is 25.9 Å². The maximum absolute atomic E-state index is 13.4. The smallest absolute Gasteiger partial charge is 0.255 e. The maximum Gasteiger partial charge on any atom is 0.255 e. The van der Waals surface area contributed by atoms with Crippen LogP contribution < -0.4 is 10.1 Å². The van der Waals surface area contributed by atoms with Crippen LogP contribution in [0.2, 0.25) is 0 Å². The molecule has 0 bridgehead atoms. The van der Waals surface area contributed by atoms with Gasteiger partial charge in [0.1, 0.15) is 17.2 Å². The Morgan fingerprint density at radius 2 is 1.81 bits per heavy atom. The number of piperidine rings is 1. The summed E-state index contributed by atoms with van der Waals surface area (Å²) in [6.07, 6.45) is 0.853. The first-order valence-corrected chi connectivity index (χ1v) is 10.2. The molecular weight excluding hydrogens is 371 g/mol. The number of sulfonamides is 1. The fourth-order valence-corrected chi connectivity index (χ4v) is 5.01. The second-order valence-electron chi connectivity index (χ2n) is 6.83. The molecule has 1 N–H and O–H groups in total. The molecule has 6 nitrogen and oxygen atoms in total. The number of nitrogens with zero attached hydrogens (tertiary/aromatic N) is 1. The first-order chi connectivity index (χ1) is 12.9. The van der Waals surface area contributed by atoms with Gasteiger partial charge in [-0.2, -0.15) is 4.31 Å². The third kappa shape index (κ3) is 3.30. The summed E-state index contributed by atoms with van der Waals surface area (Å²) in [5.74, 6) is -0.276. The average molecular weight is 390 g/mol. The molecule has 0 unspecified atom stereocenters. The number of ether oxygens (including phenoxy) is 1. The lowest BCUT2D eigenvalue weighted by atomic mass is 9.92. The van der Waals surface area contributed by atoms with Gasteiger partial charge in [0.15, 0.2) is 0 Å². The van der Waals surface area contributed by atoms with Gasteiger partial charge < -0.3 is 10.1 Å². The summed E-state index contributed by atoms with van der Waals surface area (Å²) < 4.78 is 46.5. The number of halogens is 1. The van der Waals surface area contributed by atoms with E-state index in [1.165, 1.54) is 22.5 Å². The fraction of sp³-hybridized carbons (Fsp3) is 0.316. The highest BCUT2D eigenvalue weighted by Gasteiger charge is 2.42. The van der Waals surface area contributed by atoms with Gasteiger partial charge in [-0.1, -0.05) is 18.2 Å². The predicted octanol–water partition coefficient (Wildman–Crippen LogP) is 2.17. The molecule has 0 atom stereocenters. The van der Waals surface area contributed by atoms with Crippen LogP contribution in [0.5, 0.6) is 5.75 Å². The number of nitrogens with one attached hydrogen (secondary N) is 1. The van der Waals surface area contributed by atoms with Crippen molar-refractivity contribution in [2.45, 2.75) is 23.3 Å². The monoisotopic (exact) mass is 390 g/mol. The number of carbonyl (C=O) groups is 1. The molecule has 0 aromatic heterocycles. The Kier molecular flexibility index (Phi) is 4.39. The molecule has 2 heterocycles. The minimum absolute atomic E-state index is 0.0566. The van der Waals surface area contributed by atoms with Crippen molar-refractivity contribution in [3.63, 3.8) is 0 Å². The van der Waals surface area contributed by atoms with Crippen molar-refractivity contribution in [3.8, 4) is 5.75 Å². The van der Waals surface area contributed by atoms with E-state index in [0.29, 0.717) is 30.7 Å². The van der Waals surface area contributed by atoms with Crippen LogP contribution in [0.4, 0.5) is 4.39 Å². The molecular formula is C19H19FN2O4S. The van der Waals surface area contributed by atoms with E-state index in [1.54, 1.807) is 24.3 Å². The van der Waals surface area contributed by atoms with Gasteiger partial charge >= 0.3 is 0 Å². The Bertz CT molecular complexity index is 985. The molecule has 1 saturated heterocycles. The number of hydrogen-bond donors (Lipinski definition) is 1. The summed E-state index contributed by atoms with van der Waals surface area (Å²) in [6.45, 7) is 0.780. The molecule has 0 radical (unpaired) electrons. The Morgan fingerprint density at radius 3 is 2.56 bits per heavy atom. The number of fused-ring (bicyclic) bond motifs is 1. The highest BCUT2D eigenvalue weighted by atomic mass is 32.2. The van der Waals surface area contributed by atoms with Crippen LogP contribution in [-0.4, -0.2) is 43.9 Å². The Labute approximate surface area is 157 Å². The summed E-state index contributed by atoms with van der Waals surface area (Å²) in [7, 11) is -3.77. The van der Waals surface area contributed by atoms with Gasteiger partial charge in [0.2, 0.25) is 10.0 Å². The van der Waals surface area contributed by atoms with Gasteiger partial charge in [-0.05, 0) is 30.3 Å². The standard InChI is InChI=1S/C19H19FN2O4S/c20-14-4-3-5-15(12-14)27(24,25)22-10-8-19(9-11-22)13-21-18(23)16-6-1-2-7-17(16)26-19/h1-7,12H,8-11,13H2,(H,21,23). The lowest BCUT2D eigenvalue weighted by molar-refractivity contribution is 0.0246. The van der Waals surface area contributed by atoms with Crippen molar-refractivity contribution in [1.82, 2.24) is 9.62 Å². The van der Waals surface area contributed by atoms with Crippen molar-refractivity contribution in [2.75, 3.05) is 19.6 Å². The van der Waals surface area contributed by atoms with E-state index in [0.717, 1.165) is 6.07 Å². The van der Waals surface area contributed by atoms with E-state index < -0.39 is 21.4 Å². The number of amides is 1. The lowest BCUT2D eigenvalue weighted by Crippen LogP contribution is -2.54. The zero-order valence-electron chi connectivity index (χ0n) is 14.5. The van der Waals surface area contributed by atoms with Crippen LogP contribution in [0, 0.1) is 5.82 Å². The first kappa shape index (κ1) is 17.9. The van der Waals surface area contributed by atoms with Crippen LogP contribution in [-0.2, 0) is 10.0 Å². The van der Waals surface area contributed by atoms with Crippen molar-refractivity contribution >= 4 is 15.9 Å². The summed E-state index contributed by atoms with van der Waals surface area (Å²) in [5, 5.41) is 2.87. The van der Waals surface area contributed by atoms with Crippen molar-refractivity contribution in [3.05, 3.63) is 59.9 Å². The molecule has 142 valence electrons. The van der Waals surface area contributed by atoms with E-state index >= 15 is 0 Å². The Hall–Kier alpha value is -2.45. The van der Waals surface area contributed by atoms with Crippen LogP contribution in [0.15, 0.2) is 53.4 Å². The van der Waals surface area contributed by atoms with E-state index in [9.17, 15) is 17.6 Å². The summed E-state index contributed by atoms with van der Waals surface area (Å²) in [5.41, 5.74) is -0.180. The molecule has 2 aliphatic heterocycles. The molecule has 2 aromatic carbocycles. The van der Waals surface area contributed by atoms with E-state index in [1.807, 2.05) is 0 Å². The minimum Gasteiger partial charge on any atom is -0.485 e. The van der Waals surface area contributed by atoms with E-state index in [-0.39, 0.29) is 23.9 Å². The average Bonchev–Trinajstić information content (AvgIpc) is 2.80. The number of rotatable bonds is 2. The molecule has 2 aliphatic rings. The summed E-state index contributed by atoms with van der Waals surface area (Å²) in [6, 6.07) is 12.0. The van der Waals surface area contributed by atoms with Crippen LogP contribution in [0.25, 0.3) is 0 Å². The molecule has 1 amide bonds. The van der Waals surface area contributed by atoms with Gasteiger partial charge in [-0.15, -0.1) is 0 Å². The van der Waals surface area contributed by atoms with Crippen molar-refractivity contribution in [1.29, 1.82) is 0 Å². The highest BCUT2D eigenvalue weighted by molar-refractivity contribution is 7.89. The van der Waals surface area contributed by atoms with E-state index in [4.69, 9.17) is 4.74 Å². The number of para-hydroxylation sites is 1. The maximum atomic E-state index is 13.4. The van der Waals surface area contributed by atoms with Crippen molar-refractivity contribution < 1.29 is 22.3 Å². The number of hydrogen-bond acceptors (Lipinski definition) is 4. The summed E-state index contributed by atoms with van der Waals surface area (Å²) >= 11 is 0. The normalized spacial score (nSPS) is 19.7. The zero-order valence-corrected chi connectivity index (χ0v) is 15.3. The molecule has 8 heteroatoms. The molecule has 0 aliphatic carbocycles. The van der Waals surface area contributed by atoms with Gasteiger partial charge in [-0.25, -0.2) is 12.8 Å². The molecule has 4 rings (SSSR count). The largest absolute Gasteiger partial charge is 0.485 e. The zero-order chi connectivity index (χ0) is 19.1. The summed E-state index contributed by atoms with van der Waals surface area (Å²) in [4.78, 5) is 12.2. The highest BCUT2D eigenvalue weighted by Crippen LogP contribution is 2.34. The molecule has 27 heavy (non-hydrogen) atoms. The van der Waals surface area contributed by atoms with Gasteiger partial charge in [0.05, 0.1) is 17.0 Å². The van der Waals surface area contributed by atoms with Crippen LogP contribution in [0.1, 0.15) is 23.2 Å². The van der Waals surface area contributed by atoms with Crippen molar-refractivity contribution in [2.24, 2.45) is 0 Å². The molecule has 0 saturated carbocycles. The fourth-order valence-electron chi connectivity index (χ4n) is 3.54. The first-order valence-electron chi connectivity index (χ1n) is 8.72. The number of carbonyl (C=O) groups excluding carboxylic acids is 1. The third-order valence-electron chi connectivity index (χ3n) is 5.10. The second kappa shape index (κ2) is 6.61. The third-order valence-corrected chi connectivity index (χ3v) is 6.99. The number of benzene rings is 2. The quantitative estimate of drug-likeness (QED) is 0.853. The molecule has 1 spiro atoms. The molecule has 1 fully saturated rings. The van der Waals surface area contributed by atoms with Crippen LogP contribution >= 0.6 is 0 Å². The predicted molar refractivity (Wildman–Crippen MR) is 96.5 cm³/mol. The Morgan fingerprint density at radius 1 is 1.07 bits per heavy atom. The second-order valence-corrected chi connectivity index (χ2v) is 8.76. The van der Waals surface area contributed by atoms with Gasteiger partial charge in [-0.3, -0.25) is 4.79 Å². The van der Waals surface area contributed by atoms with Crippen LogP contribution in [0.3, 0.4) is 0 Å². The lowest BCUT2D eigenvalue weighted by Gasteiger charge is -2.40. The minimum atomic E-state index is -3.77.